The lowest BCUT2D eigenvalue weighted by atomic mass is 10.2. The predicted molar refractivity (Wildman–Crippen MR) is 66.8 cm³/mol. The first-order valence-corrected chi connectivity index (χ1v) is 5.27. The Morgan fingerprint density at radius 3 is 2.76 bits per heavy atom. The molecule has 0 unspecified atom stereocenters. The molecule has 5 heteroatoms. The number of ether oxygens (including phenoxy) is 1. The third kappa shape index (κ3) is 2.73. The van der Waals surface area contributed by atoms with Gasteiger partial charge in [0.1, 0.15) is 11.6 Å². The number of nitrogens with zero attached hydrogens (tertiary/aromatic N) is 1. The smallest absolute Gasteiger partial charge is 0.219 e. The lowest BCUT2D eigenvalue weighted by molar-refractivity contribution is 0.463. The van der Waals surface area contributed by atoms with Crippen LogP contribution in [0.4, 0.5) is 0 Å². The maximum Gasteiger partial charge on any atom is 0.219 e. The van der Waals surface area contributed by atoms with E-state index in [0.717, 1.165) is 0 Å². The minimum absolute atomic E-state index is 0.0311. The fourth-order valence-corrected chi connectivity index (χ4v) is 1.45. The number of rotatable bonds is 3. The summed E-state index contributed by atoms with van der Waals surface area (Å²) in [6.07, 6.45) is 1.53. The van der Waals surface area contributed by atoms with Crippen LogP contribution in [0.25, 0.3) is 0 Å². The molecule has 1 aromatic carbocycles. The highest BCUT2D eigenvalue weighted by molar-refractivity contribution is 6.32. The van der Waals surface area contributed by atoms with Gasteiger partial charge in [-0.1, -0.05) is 23.7 Å². The third-order valence-electron chi connectivity index (χ3n) is 2.10. The van der Waals surface area contributed by atoms with Crippen molar-refractivity contribution in [1.82, 2.24) is 4.98 Å². The Kier molecular flexibility index (Phi) is 3.25. The van der Waals surface area contributed by atoms with Crippen LogP contribution in [0.2, 0.25) is 5.02 Å². The number of halogens is 1. The molecule has 0 bridgehead atoms. The molecule has 0 fully saturated rings. The highest BCUT2D eigenvalue weighted by Gasteiger charge is 2.04. The van der Waals surface area contributed by atoms with Gasteiger partial charge in [-0.15, -0.1) is 0 Å². The van der Waals surface area contributed by atoms with Gasteiger partial charge in [0, 0.05) is 17.8 Å². The molecule has 2 aromatic rings. The molecule has 0 spiro atoms. The molecule has 0 amide bonds. The minimum atomic E-state index is -0.0311. The van der Waals surface area contributed by atoms with Gasteiger partial charge in [0.25, 0.3) is 0 Å². The summed E-state index contributed by atoms with van der Waals surface area (Å²) in [6, 6.07) is 10.3. The monoisotopic (exact) mass is 247 g/mol. The highest BCUT2D eigenvalue weighted by Crippen LogP contribution is 2.27. The van der Waals surface area contributed by atoms with Gasteiger partial charge in [0.05, 0.1) is 5.02 Å². The molecular weight excluding hydrogens is 238 g/mol. The molecule has 2 rings (SSSR count). The zero-order valence-electron chi connectivity index (χ0n) is 8.85. The van der Waals surface area contributed by atoms with Crippen molar-refractivity contribution in [2.75, 3.05) is 0 Å². The molecule has 0 atom stereocenters. The van der Waals surface area contributed by atoms with Gasteiger partial charge >= 0.3 is 0 Å². The Morgan fingerprint density at radius 1 is 1.29 bits per heavy atom. The van der Waals surface area contributed by atoms with E-state index in [4.69, 9.17) is 27.5 Å². The van der Waals surface area contributed by atoms with Crippen molar-refractivity contribution in [3.8, 4) is 11.6 Å². The van der Waals surface area contributed by atoms with Crippen molar-refractivity contribution in [3.05, 3.63) is 53.2 Å². The second kappa shape index (κ2) is 4.84. The second-order valence-electron chi connectivity index (χ2n) is 3.33. The number of benzene rings is 1. The lowest BCUT2D eigenvalue weighted by Crippen LogP contribution is -2.11. The van der Waals surface area contributed by atoms with E-state index in [-0.39, 0.29) is 5.84 Å². The number of aromatic nitrogens is 1. The predicted octanol–water partition coefficient (Wildman–Crippen LogP) is 2.81. The molecule has 0 aliphatic rings. The molecule has 4 nitrogen and oxygen atoms in total. The van der Waals surface area contributed by atoms with Gasteiger partial charge in [-0.3, -0.25) is 5.41 Å². The summed E-state index contributed by atoms with van der Waals surface area (Å²) in [5.41, 5.74) is 5.94. The van der Waals surface area contributed by atoms with Crippen molar-refractivity contribution in [2.45, 2.75) is 0 Å². The van der Waals surface area contributed by atoms with Crippen LogP contribution in [0.1, 0.15) is 5.56 Å². The van der Waals surface area contributed by atoms with Crippen LogP contribution in [0, 0.1) is 5.41 Å². The Balaban J connectivity index is 2.28. The fraction of sp³-hybridized carbons (Fsp3) is 0. The van der Waals surface area contributed by atoms with Crippen molar-refractivity contribution < 1.29 is 4.74 Å². The van der Waals surface area contributed by atoms with Gasteiger partial charge in [-0.05, 0) is 18.2 Å². The van der Waals surface area contributed by atoms with E-state index in [1.54, 1.807) is 24.3 Å². The van der Waals surface area contributed by atoms with Crippen LogP contribution in [0.15, 0.2) is 42.6 Å². The topological polar surface area (TPSA) is 72.0 Å². The quantitative estimate of drug-likeness (QED) is 0.647. The van der Waals surface area contributed by atoms with E-state index in [1.165, 1.54) is 6.20 Å². The average Bonchev–Trinajstić information content (AvgIpc) is 2.32. The SMILES string of the molecule is N=C(N)c1ccnc(Oc2ccccc2Cl)c1. The molecular formula is C12H10ClN3O. The number of hydrogen-bond donors (Lipinski definition) is 2. The molecule has 0 saturated heterocycles. The number of nitrogen functional groups attached to an aromatic ring is 1. The summed E-state index contributed by atoms with van der Waals surface area (Å²) in [4.78, 5) is 4.03. The molecule has 1 heterocycles. The van der Waals surface area contributed by atoms with Crippen LogP contribution in [-0.4, -0.2) is 10.8 Å². The number of amidine groups is 1. The molecule has 0 saturated carbocycles. The first-order valence-electron chi connectivity index (χ1n) is 4.89. The summed E-state index contributed by atoms with van der Waals surface area (Å²) in [5, 5.41) is 7.82. The molecule has 0 aliphatic carbocycles. The van der Waals surface area contributed by atoms with Crippen molar-refractivity contribution in [3.63, 3.8) is 0 Å². The van der Waals surface area contributed by atoms with E-state index >= 15 is 0 Å². The zero-order valence-corrected chi connectivity index (χ0v) is 9.61. The Bertz CT molecular complexity index is 557. The van der Waals surface area contributed by atoms with E-state index < -0.39 is 0 Å². The van der Waals surface area contributed by atoms with Crippen molar-refractivity contribution >= 4 is 17.4 Å². The molecule has 0 radical (unpaired) electrons. The summed E-state index contributed by atoms with van der Waals surface area (Å²) in [7, 11) is 0. The summed E-state index contributed by atoms with van der Waals surface area (Å²) >= 11 is 5.96. The number of para-hydroxylation sites is 1. The Hall–Kier alpha value is -2.07. The van der Waals surface area contributed by atoms with Crippen LogP contribution in [0.3, 0.4) is 0 Å². The fourth-order valence-electron chi connectivity index (χ4n) is 1.27. The summed E-state index contributed by atoms with van der Waals surface area (Å²) < 4.78 is 5.50. The Labute approximate surface area is 104 Å². The largest absolute Gasteiger partial charge is 0.437 e. The van der Waals surface area contributed by atoms with Gasteiger partial charge in [0.15, 0.2) is 0 Å². The third-order valence-corrected chi connectivity index (χ3v) is 2.41. The second-order valence-corrected chi connectivity index (χ2v) is 3.74. The average molecular weight is 248 g/mol. The molecule has 1 aromatic heterocycles. The summed E-state index contributed by atoms with van der Waals surface area (Å²) in [6.45, 7) is 0. The van der Waals surface area contributed by atoms with Crippen molar-refractivity contribution in [2.24, 2.45) is 5.73 Å². The standard InChI is InChI=1S/C12H10ClN3O/c13-9-3-1-2-4-10(9)17-11-7-8(12(14)15)5-6-16-11/h1-7H,(H3,14,15). The molecule has 17 heavy (non-hydrogen) atoms. The van der Waals surface area contributed by atoms with Gasteiger partial charge < -0.3 is 10.5 Å². The number of pyridine rings is 1. The van der Waals surface area contributed by atoms with Gasteiger partial charge in [-0.2, -0.15) is 0 Å². The van der Waals surface area contributed by atoms with Crippen LogP contribution >= 0.6 is 11.6 Å². The minimum Gasteiger partial charge on any atom is -0.437 e. The number of hydrogen-bond acceptors (Lipinski definition) is 3. The van der Waals surface area contributed by atoms with E-state index in [9.17, 15) is 0 Å². The van der Waals surface area contributed by atoms with Gasteiger partial charge in [0.2, 0.25) is 5.88 Å². The van der Waals surface area contributed by atoms with Crippen LogP contribution in [-0.2, 0) is 0 Å². The number of nitrogens with two attached hydrogens (primary N) is 1. The van der Waals surface area contributed by atoms with Crippen LogP contribution < -0.4 is 10.5 Å². The maximum atomic E-state index is 7.32. The molecule has 3 N–H and O–H groups in total. The first-order chi connectivity index (χ1) is 8.16. The number of nitrogens with one attached hydrogen (secondary N) is 1. The molecule has 86 valence electrons. The van der Waals surface area contributed by atoms with E-state index in [1.807, 2.05) is 12.1 Å². The highest BCUT2D eigenvalue weighted by atomic mass is 35.5. The van der Waals surface area contributed by atoms with Crippen LogP contribution in [0.5, 0.6) is 11.6 Å². The normalized spacial score (nSPS) is 9.94. The molecule has 0 aliphatic heterocycles. The lowest BCUT2D eigenvalue weighted by Gasteiger charge is -2.07. The van der Waals surface area contributed by atoms with E-state index in [0.29, 0.717) is 22.2 Å². The zero-order chi connectivity index (χ0) is 12.3. The maximum absolute atomic E-state index is 7.32. The first kappa shape index (κ1) is 11.4. The van der Waals surface area contributed by atoms with Crippen molar-refractivity contribution in [1.29, 1.82) is 5.41 Å². The Morgan fingerprint density at radius 2 is 2.06 bits per heavy atom. The van der Waals surface area contributed by atoms with Gasteiger partial charge in [-0.25, -0.2) is 4.98 Å². The van der Waals surface area contributed by atoms with E-state index in [2.05, 4.69) is 4.98 Å². The summed E-state index contributed by atoms with van der Waals surface area (Å²) in [5.74, 6) is 0.838.